The highest BCUT2D eigenvalue weighted by atomic mass is 16.5. The van der Waals surface area contributed by atoms with Crippen LogP contribution in [0.15, 0.2) is 12.2 Å². The monoisotopic (exact) mass is 253 g/mol. The lowest BCUT2D eigenvalue weighted by molar-refractivity contribution is -0.0176. The van der Waals surface area contributed by atoms with Gasteiger partial charge in [0.1, 0.15) is 0 Å². The van der Waals surface area contributed by atoms with E-state index in [-0.39, 0.29) is 0 Å². The van der Waals surface area contributed by atoms with Gasteiger partial charge in [0.25, 0.3) is 0 Å². The molecule has 1 aliphatic carbocycles. The molecule has 0 saturated heterocycles. The second kappa shape index (κ2) is 8.71. The van der Waals surface area contributed by atoms with Gasteiger partial charge >= 0.3 is 0 Å². The predicted molar refractivity (Wildman–Crippen MR) is 78.9 cm³/mol. The first-order valence-corrected chi connectivity index (χ1v) is 7.62. The summed E-state index contributed by atoms with van der Waals surface area (Å²) in [6, 6.07) is 0.477. The standard InChI is InChI=1S/C16H31NO/c1-5-18-16(14-9-7-6-8-10-14)15(17-4)12-11-13(2)3/h14-17H,2,5-12H2,1,3-4H3. The molecule has 0 aliphatic heterocycles. The van der Waals surface area contributed by atoms with Crippen molar-refractivity contribution in [3.63, 3.8) is 0 Å². The van der Waals surface area contributed by atoms with Crippen LogP contribution in [0.1, 0.15) is 58.8 Å². The quantitative estimate of drug-likeness (QED) is 0.662. The third-order valence-corrected chi connectivity index (χ3v) is 4.12. The second-order valence-electron chi connectivity index (χ2n) is 5.71. The molecule has 0 bridgehead atoms. The zero-order valence-electron chi connectivity index (χ0n) is 12.5. The third kappa shape index (κ3) is 5.11. The molecule has 0 aromatic carbocycles. The van der Waals surface area contributed by atoms with E-state index in [1.165, 1.54) is 37.7 Å². The second-order valence-corrected chi connectivity index (χ2v) is 5.71. The van der Waals surface area contributed by atoms with Crippen LogP contribution in [0.4, 0.5) is 0 Å². The Morgan fingerprint density at radius 3 is 2.50 bits per heavy atom. The van der Waals surface area contributed by atoms with Crippen molar-refractivity contribution in [2.45, 2.75) is 70.9 Å². The summed E-state index contributed by atoms with van der Waals surface area (Å²) < 4.78 is 6.07. The number of hydrogen-bond donors (Lipinski definition) is 1. The minimum absolute atomic E-state index is 0.389. The van der Waals surface area contributed by atoms with E-state index in [4.69, 9.17) is 4.74 Å². The summed E-state index contributed by atoms with van der Waals surface area (Å²) in [6.45, 7) is 9.06. The maximum Gasteiger partial charge on any atom is 0.0755 e. The van der Waals surface area contributed by atoms with Gasteiger partial charge in [-0.2, -0.15) is 0 Å². The Morgan fingerprint density at radius 2 is 2.00 bits per heavy atom. The lowest BCUT2D eigenvalue weighted by Gasteiger charge is -2.35. The van der Waals surface area contributed by atoms with Crippen molar-refractivity contribution >= 4 is 0 Å². The Bertz CT molecular complexity index is 233. The summed E-state index contributed by atoms with van der Waals surface area (Å²) in [4.78, 5) is 0. The predicted octanol–water partition coefficient (Wildman–Crippen LogP) is 3.92. The van der Waals surface area contributed by atoms with Crippen LogP contribution in [0.2, 0.25) is 0 Å². The Hall–Kier alpha value is -0.340. The SMILES string of the molecule is C=C(C)CCC(NC)C(OCC)C1CCCCC1. The number of hydrogen-bond acceptors (Lipinski definition) is 2. The molecule has 1 aliphatic rings. The molecule has 0 aromatic rings. The average molecular weight is 253 g/mol. The van der Waals surface area contributed by atoms with Gasteiger partial charge in [-0.1, -0.05) is 24.8 Å². The van der Waals surface area contributed by atoms with Crippen LogP contribution < -0.4 is 5.32 Å². The highest BCUT2D eigenvalue weighted by Gasteiger charge is 2.29. The normalized spacial score (nSPS) is 20.6. The van der Waals surface area contributed by atoms with Crippen molar-refractivity contribution < 1.29 is 4.74 Å². The summed E-state index contributed by atoms with van der Waals surface area (Å²) in [5.74, 6) is 0.751. The number of likely N-dealkylation sites (N-methyl/N-ethyl adjacent to an activating group) is 1. The third-order valence-electron chi connectivity index (χ3n) is 4.12. The molecule has 1 N–H and O–H groups in total. The van der Waals surface area contributed by atoms with E-state index in [0.29, 0.717) is 12.1 Å². The van der Waals surface area contributed by atoms with Gasteiger partial charge in [-0.15, -0.1) is 6.58 Å². The fourth-order valence-electron chi connectivity index (χ4n) is 3.11. The summed E-state index contributed by atoms with van der Waals surface area (Å²) >= 11 is 0. The molecule has 106 valence electrons. The average Bonchev–Trinajstić information content (AvgIpc) is 2.39. The maximum atomic E-state index is 6.07. The molecule has 2 unspecified atom stereocenters. The van der Waals surface area contributed by atoms with Gasteiger partial charge in [0.05, 0.1) is 6.10 Å². The lowest BCUT2D eigenvalue weighted by atomic mass is 9.81. The number of allylic oxidation sites excluding steroid dienone is 1. The van der Waals surface area contributed by atoms with Crippen molar-refractivity contribution in [2.24, 2.45) is 5.92 Å². The first-order valence-electron chi connectivity index (χ1n) is 7.62. The molecule has 2 atom stereocenters. The van der Waals surface area contributed by atoms with Crippen molar-refractivity contribution in [3.8, 4) is 0 Å². The van der Waals surface area contributed by atoms with Crippen molar-refractivity contribution in [2.75, 3.05) is 13.7 Å². The zero-order chi connectivity index (χ0) is 13.4. The first kappa shape index (κ1) is 15.7. The molecule has 0 heterocycles. The van der Waals surface area contributed by atoms with E-state index in [9.17, 15) is 0 Å². The van der Waals surface area contributed by atoms with E-state index in [1.54, 1.807) is 0 Å². The van der Waals surface area contributed by atoms with Crippen LogP contribution in [-0.4, -0.2) is 25.8 Å². The molecule has 2 heteroatoms. The first-order chi connectivity index (χ1) is 8.69. The van der Waals surface area contributed by atoms with Crippen molar-refractivity contribution in [1.29, 1.82) is 0 Å². The fourth-order valence-corrected chi connectivity index (χ4v) is 3.11. The molecule has 0 amide bonds. The molecule has 1 fully saturated rings. The van der Waals surface area contributed by atoms with Crippen molar-refractivity contribution in [1.82, 2.24) is 5.32 Å². The van der Waals surface area contributed by atoms with E-state index < -0.39 is 0 Å². The molecular weight excluding hydrogens is 222 g/mol. The van der Waals surface area contributed by atoms with Gasteiger partial charge in [-0.3, -0.25) is 0 Å². The van der Waals surface area contributed by atoms with E-state index in [1.807, 2.05) is 0 Å². The molecular formula is C16H31NO. The van der Waals surface area contributed by atoms with Crippen LogP contribution >= 0.6 is 0 Å². The highest BCUT2D eigenvalue weighted by molar-refractivity contribution is 4.92. The van der Waals surface area contributed by atoms with Gasteiger partial charge < -0.3 is 10.1 Å². The Kier molecular flexibility index (Phi) is 7.60. The number of ether oxygens (including phenoxy) is 1. The largest absolute Gasteiger partial charge is 0.377 e. The minimum Gasteiger partial charge on any atom is -0.377 e. The summed E-state index contributed by atoms with van der Waals surface area (Å²) in [5.41, 5.74) is 1.27. The van der Waals surface area contributed by atoms with Gasteiger partial charge in [0.15, 0.2) is 0 Å². The van der Waals surface area contributed by atoms with E-state index in [0.717, 1.165) is 25.4 Å². The molecule has 1 rings (SSSR count). The van der Waals surface area contributed by atoms with Gasteiger partial charge in [0, 0.05) is 12.6 Å². The number of rotatable bonds is 8. The topological polar surface area (TPSA) is 21.3 Å². The Labute approximate surface area is 113 Å². The van der Waals surface area contributed by atoms with Crippen LogP contribution in [0.5, 0.6) is 0 Å². The van der Waals surface area contributed by atoms with Crippen LogP contribution in [0.3, 0.4) is 0 Å². The highest BCUT2D eigenvalue weighted by Crippen LogP contribution is 2.30. The van der Waals surface area contributed by atoms with Crippen LogP contribution in [0, 0.1) is 5.92 Å². The molecule has 0 spiro atoms. The molecule has 1 saturated carbocycles. The minimum atomic E-state index is 0.389. The molecule has 0 aromatic heterocycles. The molecule has 18 heavy (non-hydrogen) atoms. The summed E-state index contributed by atoms with van der Waals surface area (Å²) in [7, 11) is 2.07. The van der Waals surface area contributed by atoms with Gasteiger partial charge in [0.2, 0.25) is 0 Å². The molecule has 2 nitrogen and oxygen atoms in total. The Morgan fingerprint density at radius 1 is 1.33 bits per heavy atom. The fraction of sp³-hybridized carbons (Fsp3) is 0.875. The van der Waals surface area contributed by atoms with Crippen LogP contribution in [-0.2, 0) is 4.74 Å². The van der Waals surface area contributed by atoms with Crippen molar-refractivity contribution in [3.05, 3.63) is 12.2 Å². The van der Waals surface area contributed by atoms with E-state index >= 15 is 0 Å². The zero-order valence-corrected chi connectivity index (χ0v) is 12.5. The lowest BCUT2D eigenvalue weighted by Crippen LogP contribution is -2.44. The van der Waals surface area contributed by atoms with Gasteiger partial charge in [-0.25, -0.2) is 0 Å². The maximum absolute atomic E-state index is 6.07. The smallest absolute Gasteiger partial charge is 0.0755 e. The number of nitrogens with one attached hydrogen (secondary N) is 1. The Balaban J connectivity index is 2.57. The molecule has 0 radical (unpaired) electrons. The van der Waals surface area contributed by atoms with Crippen LogP contribution in [0.25, 0.3) is 0 Å². The summed E-state index contributed by atoms with van der Waals surface area (Å²) in [5, 5.41) is 3.47. The van der Waals surface area contributed by atoms with E-state index in [2.05, 4.69) is 32.8 Å². The van der Waals surface area contributed by atoms with Gasteiger partial charge in [-0.05, 0) is 52.5 Å². The summed E-state index contributed by atoms with van der Waals surface area (Å²) in [6.07, 6.45) is 9.49.